The molecule has 0 aliphatic heterocycles. The second-order valence-electron chi connectivity index (χ2n) is 5.28. The Labute approximate surface area is 146 Å². The Hall–Kier alpha value is -3.40. The Morgan fingerprint density at radius 3 is 2.48 bits per heavy atom. The monoisotopic (exact) mass is 331 g/mol. The Bertz CT molecular complexity index is 871. The normalized spacial score (nSPS) is 10.6. The minimum absolute atomic E-state index is 0.421. The Kier molecular flexibility index (Phi) is 5.22. The molecular formula is C21H17NO3. The van der Waals surface area contributed by atoms with Crippen molar-refractivity contribution in [2.75, 3.05) is 7.11 Å². The van der Waals surface area contributed by atoms with Crippen LogP contribution in [0.2, 0.25) is 0 Å². The van der Waals surface area contributed by atoms with Crippen LogP contribution < -0.4 is 9.47 Å². The molecule has 124 valence electrons. The highest BCUT2D eigenvalue weighted by Gasteiger charge is 2.09. The summed E-state index contributed by atoms with van der Waals surface area (Å²) in [4.78, 5) is 16.4. The van der Waals surface area contributed by atoms with E-state index in [4.69, 9.17) is 9.47 Å². The standard InChI is InChI=1S/C21H17NO3/c1-24-20-7-4-5-17(15-20)21(23)25-19-12-9-16(10-13-19)8-11-18-6-2-3-14-22-18/h2-15H,1H3. The maximum Gasteiger partial charge on any atom is 0.343 e. The van der Waals surface area contributed by atoms with Crippen LogP contribution in [0.1, 0.15) is 21.6 Å². The molecule has 0 saturated carbocycles. The zero-order valence-electron chi connectivity index (χ0n) is 13.8. The molecule has 0 radical (unpaired) electrons. The molecule has 0 saturated heterocycles. The molecule has 0 amide bonds. The third kappa shape index (κ3) is 4.54. The largest absolute Gasteiger partial charge is 0.497 e. The average molecular weight is 331 g/mol. The molecule has 4 heteroatoms. The minimum atomic E-state index is -0.421. The highest BCUT2D eigenvalue weighted by Crippen LogP contribution is 2.18. The molecule has 3 aromatic rings. The van der Waals surface area contributed by atoms with E-state index in [1.807, 2.05) is 42.5 Å². The smallest absolute Gasteiger partial charge is 0.343 e. The van der Waals surface area contributed by atoms with Gasteiger partial charge >= 0.3 is 5.97 Å². The van der Waals surface area contributed by atoms with Crippen molar-refractivity contribution in [3.63, 3.8) is 0 Å². The van der Waals surface area contributed by atoms with Crippen molar-refractivity contribution in [3.05, 3.63) is 89.7 Å². The Morgan fingerprint density at radius 2 is 1.76 bits per heavy atom. The number of methoxy groups -OCH3 is 1. The van der Waals surface area contributed by atoms with Crippen LogP contribution >= 0.6 is 0 Å². The predicted molar refractivity (Wildman–Crippen MR) is 97.6 cm³/mol. The number of esters is 1. The first-order valence-corrected chi connectivity index (χ1v) is 7.80. The number of hydrogen-bond acceptors (Lipinski definition) is 4. The van der Waals surface area contributed by atoms with Crippen LogP contribution in [0.4, 0.5) is 0 Å². The lowest BCUT2D eigenvalue weighted by Crippen LogP contribution is -2.08. The number of ether oxygens (including phenoxy) is 2. The summed E-state index contributed by atoms with van der Waals surface area (Å²) >= 11 is 0. The average Bonchev–Trinajstić information content (AvgIpc) is 2.68. The van der Waals surface area contributed by atoms with E-state index < -0.39 is 5.97 Å². The molecular weight excluding hydrogens is 314 g/mol. The van der Waals surface area contributed by atoms with E-state index in [9.17, 15) is 4.79 Å². The lowest BCUT2D eigenvalue weighted by molar-refractivity contribution is 0.0734. The van der Waals surface area contributed by atoms with Gasteiger partial charge < -0.3 is 9.47 Å². The highest BCUT2D eigenvalue weighted by atomic mass is 16.5. The van der Waals surface area contributed by atoms with Crippen LogP contribution in [-0.2, 0) is 0 Å². The molecule has 0 N–H and O–H groups in total. The van der Waals surface area contributed by atoms with Crippen LogP contribution in [-0.4, -0.2) is 18.1 Å². The molecule has 25 heavy (non-hydrogen) atoms. The van der Waals surface area contributed by atoms with E-state index in [0.29, 0.717) is 17.1 Å². The molecule has 3 rings (SSSR count). The second-order valence-corrected chi connectivity index (χ2v) is 5.28. The van der Waals surface area contributed by atoms with Gasteiger partial charge in [0, 0.05) is 6.20 Å². The maximum atomic E-state index is 12.2. The fourth-order valence-corrected chi connectivity index (χ4v) is 2.22. The van der Waals surface area contributed by atoms with Crippen LogP contribution in [0.25, 0.3) is 12.2 Å². The molecule has 1 aromatic heterocycles. The number of benzene rings is 2. The van der Waals surface area contributed by atoms with Gasteiger partial charge in [-0.1, -0.05) is 30.3 Å². The van der Waals surface area contributed by atoms with Gasteiger partial charge in [0.05, 0.1) is 18.4 Å². The summed E-state index contributed by atoms with van der Waals surface area (Å²) < 4.78 is 10.5. The van der Waals surface area contributed by atoms with E-state index in [1.165, 1.54) is 0 Å². The van der Waals surface area contributed by atoms with Gasteiger partial charge in [0.1, 0.15) is 11.5 Å². The Balaban J connectivity index is 1.66. The van der Waals surface area contributed by atoms with Gasteiger partial charge in [0.25, 0.3) is 0 Å². The van der Waals surface area contributed by atoms with Crippen molar-refractivity contribution in [3.8, 4) is 11.5 Å². The summed E-state index contributed by atoms with van der Waals surface area (Å²) in [5.41, 5.74) is 2.32. The first kappa shape index (κ1) is 16.5. The molecule has 0 atom stereocenters. The summed E-state index contributed by atoms with van der Waals surface area (Å²) in [6, 6.07) is 19.9. The topological polar surface area (TPSA) is 48.4 Å². The van der Waals surface area contributed by atoms with Crippen LogP contribution in [0.15, 0.2) is 72.9 Å². The number of carbonyl (C=O) groups is 1. The van der Waals surface area contributed by atoms with E-state index in [1.54, 1.807) is 49.7 Å². The van der Waals surface area contributed by atoms with Gasteiger partial charge in [0.15, 0.2) is 0 Å². The van der Waals surface area contributed by atoms with Crippen LogP contribution in [0, 0.1) is 0 Å². The molecule has 0 spiro atoms. The zero-order chi connectivity index (χ0) is 17.5. The summed E-state index contributed by atoms with van der Waals surface area (Å²) in [5, 5.41) is 0. The fourth-order valence-electron chi connectivity index (χ4n) is 2.22. The van der Waals surface area contributed by atoms with Gasteiger partial charge in [-0.3, -0.25) is 4.98 Å². The molecule has 0 fully saturated rings. The number of aromatic nitrogens is 1. The first-order valence-electron chi connectivity index (χ1n) is 7.80. The summed E-state index contributed by atoms with van der Waals surface area (Å²) in [5.74, 6) is 0.683. The van der Waals surface area contributed by atoms with Gasteiger partial charge in [-0.25, -0.2) is 4.79 Å². The first-order chi connectivity index (χ1) is 12.2. The lowest BCUT2D eigenvalue weighted by Gasteiger charge is -2.06. The second kappa shape index (κ2) is 7.93. The van der Waals surface area contributed by atoms with Gasteiger partial charge in [-0.2, -0.15) is 0 Å². The number of rotatable bonds is 5. The van der Waals surface area contributed by atoms with Crippen molar-refractivity contribution in [2.24, 2.45) is 0 Å². The number of hydrogen-bond donors (Lipinski definition) is 0. The van der Waals surface area contributed by atoms with Crippen LogP contribution in [0.3, 0.4) is 0 Å². The van der Waals surface area contributed by atoms with Crippen molar-refractivity contribution in [1.29, 1.82) is 0 Å². The van der Waals surface area contributed by atoms with Gasteiger partial charge in [-0.05, 0) is 54.1 Å². The lowest BCUT2D eigenvalue weighted by atomic mass is 10.2. The quantitative estimate of drug-likeness (QED) is 0.511. The maximum absolute atomic E-state index is 12.2. The van der Waals surface area contributed by atoms with Gasteiger partial charge in [-0.15, -0.1) is 0 Å². The molecule has 1 heterocycles. The molecule has 0 bridgehead atoms. The molecule has 0 aliphatic rings. The predicted octanol–water partition coefficient (Wildman–Crippen LogP) is 4.48. The summed E-state index contributed by atoms with van der Waals surface area (Å²) in [7, 11) is 1.56. The van der Waals surface area contributed by atoms with Crippen molar-refractivity contribution in [1.82, 2.24) is 4.98 Å². The number of pyridine rings is 1. The van der Waals surface area contributed by atoms with Crippen molar-refractivity contribution < 1.29 is 14.3 Å². The minimum Gasteiger partial charge on any atom is -0.497 e. The van der Waals surface area contributed by atoms with E-state index in [0.717, 1.165) is 11.3 Å². The fraction of sp³-hybridized carbons (Fsp3) is 0.0476. The third-order valence-corrected chi connectivity index (χ3v) is 3.53. The SMILES string of the molecule is COc1cccc(C(=O)Oc2ccc(C=Cc3ccccn3)cc2)c1. The Morgan fingerprint density at radius 1 is 0.920 bits per heavy atom. The molecule has 2 aromatic carbocycles. The third-order valence-electron chi connectivity index (χ3n) is 3.53. The van der Waals surface area contributed by atoms with E-state index >= 15 is 0 Å². The van der Waals surface area contributed by atoms with E-state index in [2.05, 4.69) is 4.98 Å². The summed E-state index contributed by atoms with van der Waals surface area (Å²) in [6.07, 6.45) is 5.63. The summed E-state index contributed by atoms with van der Waals surface area (Å²) in [6.45, 7) is 0. The molecule has 4 nitrogen and oxygen atoms in total. The van der Waals surface area contributed by atoms with Gasteiger partial charge in [0.2, 0.25) is 0 Å². The van der Waals surface area contributed by atoms with E-state index in [-0.39, 0.29) is 0 Å². The van der Waals surface area contributed by atoms with Crippen molar-refractivity contribution >= 4 is 18.1 Å². The zero-order valence-corrected chi connectivity index (χ0v) is 13.8. The van der Waals surface area contributed by atoms with Crippen molar-refractivity contribution in [2.45, 2.75) is 0 Å². The number of nitrogens with zero attached hydrogens (tertiary/aromatic N) is 1. The molecule has 0 unspecified atom stereocenters. The van der Waals surface area contributed by atoms with Crippen LogP contribution in [0.5, 0.6) is 11.5 Å². The highest BCUT2D eigenvalue weighted by molar-refractivity contribution is 5.91. The number of carbonyl (C=O) groups excluding carboxylic acids is 1. The molecule has 0 aliphatic carbocycles.